The maximum Gasteiger partial charge on any atom is 0.191 e. The van der Waals surface area contributed by atoms with Gasteiger partial charge in [0.25, 0.3) is 0 Å². The number of likely N-dealkylation sites (tertiary alicyclic amines) is 1. The highest BCUT2D eigenvalue weighted by molar-refractivity contribution is 14.0. The average molecular weight is 462 g/mol. The first kappa shape index (κ1) is 22.2. The Hall–Kier alpha value is -0.890. The summed E-state index contributed by atoms with van der Waals surface area (Å²) >= 11 is 0. The van der Waals surface area contributed by atoms with Crippen LogP contribution in [0.3, 0.4) is 0 Å². The summed E-state index contributed by atoms with van der Waals surface area (Å²) in [7, 11) is 2.19. The third-order valence-corrected chi connectivity index (χ3v) is 4.58. The molecule has 2 N–H and O–H groups in total. The van der Waals surface area contributed by atoms with E-state index in [1.807, 2.05) is 6.07 Å². The number of benzene rings is 1. The fourth-order valence-corrected chi connectivity index (χ4v) is 3.07. The van der Waals surface area contributed by atoms with Crippen molar-refractivity contribution in [2.45, 2.75) is 32.6 Å². The van der Waals surface area contributed by atoms with E-state index in [1.54, 1.807) is 12.1 Å². The molecule has 142 valence electrons. The maximum absolute atomic E-state index is 13.2. The number of rotatable bonds is 7. The summed E-state index contributed by atoms with van der Waals surface area (Å²) in [5.74, 6) is 1.49. The number of piperidine rings is 1. The summed E-state index contributed by atoms with van der Waals surface area (Å²) in [6.07, 6.45) is 4.52. The Bertz CT molecular complexity index is 516. The van der Waals surface area contributed by atoms with E-state index in [-0.39, 0.29) is 29.8 Å². The monoisotopic (exact) mass is 462 g/mol. The van der Waals surface area contributed by atoms with Gasteiger partial charge in [0.1, 0.15) is 5.82 Å². The largest absolute Gasteiger partial charge is 0.357 e. The van der Waals surface area contributed by atoms with Crippen LogP contribution in [0.5, 0.6) is 0 Å². The van der Waals surface area contributed by atoms with Crippen LogP contribution in [0.2, 0.25) is 0 Å². The molecule has 1 fully saturated rings. The first-order valence-electron chi connectivity index (χ1n) is 9.12. The SMILES string of the molecule is CCNC(=NCCC1CCN(C)CC1)NCCc1cccc(F)c1.I. The zero-order valence-electron chi connectivity index (χ0n) is 15.4. The molecule has 1 aliphatic heterocycles. The van der Waals surface area contributed by atoms with Gasteiger partial charge in [-0.25, -0.2) is 4.39 Å². The lowest BCUT2D eigenvalue weighted by Crippen LogP contribution is -2.38. The van der Waals surface area contributed by atoms with Crippen LogP contribution in [0, 0.1) is 11.7 Å². The second-order valence-electron chi connectivity index (χ2n) is 6.60. The number of nitrogens with zero attached hydrogens (tertiary/aromatic N) is 2. The lowest BCUT2D eigenvalue weighted by Gasteiger charge is -2.28. The van der Waals surface area contributed by atoms with Gasteiger partial charge in [0.05, 0.1) is 0 Å². The Labute approximate surface area is 168 Å². The second-order valence-corrected chi connectivity index (χ2v) is 6.60. The van der Waals surface area contributed by atoms with Crippen LogP contribution in [0.4, 0.5) is 4.39 Å². The molecule has 1 saturated heterocycles. The number of hydrogen-bond acceptors (Lipinski definition) is 2. The van der Waals surface area contributed by atoms with Gasteiger partial charge in [0, 0.05) is 19.6 Å². The molecular weight excluding hydrogens is 430 g/mol. The molecule has 1 aliphatic rings. The van der Waals surface area contributed by atoms with Crippen molar-refractivity contribution in [2.75, 3.05) is 39.8 Å². The van der Waals surface area contributed by atoms with Crippen LogP contribution in [-0.2, 0) is 6.42 Å². The van der Waals surface area contributed by atoms with E-state index < -0.39 is 0 Å². The number of guanidine groups is 1. The zero-order valence-corrected chi connectivity index (χ0v) is 17.8. The molecular formula is C19H32FIN4. The molecule has 6 heteroatoms. The smallest absolute Gasteiger partial charge is 0.191 e. The van der Waals surface area contributed by atoms with Gasteiger partial charge in [-0.1, -0.05) is 12.1 Å². The van der Waals surface area contributed by atoms with Crippen LogP contribution in [0.1, 0.15) is 31.7 Å². The van der Waals surface area contributed by atoms with Crippen LogP contribution in [0.25, 0.3) is 0 Å². The van der Waals surface area contributed by atoms with Crippen molar-refractivity contribution in [3.05, 3.63) is 35.6 Å². The minimum Gasteiger partial charge on any atom is -0.357 e. The molecule has 0 amide bonds. The highest BCUT2D eigenvalue weighted by Crippen LogP contribution is 2.19. The van der Waals surface area contributed by atoms with Gasteiger partial charge in [-0.05, 0) is 76.4 Å². The molecule has 25 heavy (non-hydrogen) atoms. The molecule has 0 radical (unpaired) electrons. The predicted octanol–water partition coefficient (Wildman–Crippen LogP) is 3.27. The molecule has 4 nitrogen and oxygen atoms in total. The van der Waals surface area contributed by atoms with Crippen molar-refractivity contribution in [3.63, 3.8) is 0 Å². The molecule has 2 rings (SSSR count). The Kier molecular flexibility index (Phi) is 11.0. The van der Waals surface area contributed by atoms with Crippen molar-refractivity contribution in [1.29, 1.82) is 0 Å². The topological polar surface area (TPSA) is 39.7 Å². The number of nitrogens with one attached hydrogen (secondary N) is 2. The minimum absolute atomic E-state index is 0. The Balaban J connectivity index is 0.00000312. The van der Waals surface area contributed by atoms with E-state index in [1.165, 1.54) is 32.0 Å². The Morgan fingerprint density at radius 1 is 1.28 bits per heavy atom. The molecule has 0 atom stereocenters. The molecule has 0 bridgehead atoms. The fourth-order valence-electron chi connectivity index (χ4n) is 3.07. The van der Waals surface area contributed by atoms with Gasteiger partial charge in [0.15, 0.2) is 5.96 Å². The molecule has 0 unspecified atom stereocenters. The Morgan fingerprint density at radius 3 is 2.72 bits per heavy atom. The van der Waals surface area contributed by atoms with E-state index >= 15 is 0 Å². The van der Waals surface area contributed by atoms with Crippen molar-refractivity contribution >= 4 is 29.9 Å². The molecule has 1 aromatic rings. The summed E-state index contributed by atoms with van der Waals surface area (Å²) in [5, 5.41) is 6.62. The number of halogens is 2. The van der Waals surface area contributed by atoms with E-state index in [0.717, 1.165) is 49.9 Å². The van der Waals surface area contributed by atoms with Gasteiger partial charge in [0.2, 0.25) is 0 Å². The van der Waals surface area contributed by atoms with Crippen molar-refractivity contribution in [2.24, 2.45) is 10.9 Å². The lowest BCUT2D eigenvalue weighted by molar-refractivity contribution is 0.214. The molecule has 1 aromatic carbocycles. The van der Waals surface area contributed by atoms with Crippen LogP contribution < -0.4 is 10.6 Å². The average Bonchev–Trinajstić information content (AvgIpc) is 2.57. The zero-order chi connectivity index (χ0) is 17.2. The molecule has 0 spiro atoms. The first-order valence-corrected chi connectivity index (χ1v) is 9.12. The quantitative estimate of drug-likeness (QED) is 0.371. The highest BCUT2D eigenvalue weighted by Gasteiger charge is 2.15. The van der Waals surface area contributed by atoms with Gasteiger partial charge in [-0.3, -0.25) is 4.99 Å². The third-order valence-electron chi connectivity index (χ3n) is 4.58. The van der Waals surface area contributed by atoms with Crippen molar-refractivity contribution < 1.29 is 4.39 Å². The van der Waals surface area contributed by atoms with Gasteiger partial charge in [-0.2, -0.15) is 0 Å². The summed E-state index contributed by atoms with van der Waals surface area (Å²) in [5.41, 5.74) is 1.00. The summed E-state index contributed by atoms with van der Waals surface area (Å²) in [6, 6.07) is 6.78. The van der Waals surface area contributed by atoms with E-state index in [0.29, 0.717) is 0 Å². The van der Waals surface area contributed by atoms with Crippen LogP contribution in [-0.4, -0.2) is 50.6 Å². The van der Waals surface area contributed by atoms with Gasteiger partial charge >= 0.3 is 0 Å². The minimum atomic E-state index is -0.175. The van der Waals surface area contributed by atoms with E-state index in [9.17, 15) is 4.39 Å². The van der Waals surface area contributed by atoms with Gasteiger partial charge in [-0.15, -0.1) is 24.0 Å². The summed E-state index contributed by atoms with van der Waals surface area (Å²) in [4.78, 5) is 7.08. The second kappa shape index (κ2) is 12.5. The fraction of sp³-hybridized carbons (Fsp3) is 0.632. The molecule has 0 aromatic heterocycles. The van der Waals surface area contributed by atoms with Gasteiger partial charge < -0.3 is 15.5 Å². The van der Waals surface area contributed by atoms with Crippen molar-refractivity contribution in [1.82, 2.24) is 15.5 Å². The summed E-state index contributed by atoms with van der Waals surface area (Å²) < 4.78 is 13.2. The lowest BCUT2D eigenvalue weighted by atomic mass is 9.94. The molecule has 0 saturated carbocycles. The standard InChI is InChI=1S/C19H31FN4.HI/c1-3-21-19(22-11-7-16-9-13-24(2)14-10-16)23-12-8-17-5-4-6-18(20)15-17;/h4-6,15-16H,3,7-14H2,1-2H3,(H2,21,22,23);1H. The number of aliphatic imine (C=N–C) groups is 1. The molecule has 0 aliphatic carbocycles. The Morgan fingerprint density at radius 2 is 2.04 bits per heavy atom. The number of hydrogen-bond donors (Lipinski definition) is 2. The normalized spacial score (nSPS) is 16.4. The summed E-state index contributed by atoms with van der Waals surface area (Å²) in [6.45, 7) is 6.95. The highest BCUT2D eigenvalue weighted by atomic mass is 127. The first-order chi connectivity index (χ1) is 11.7. The van der Waals surface area contributed by atoms with E-state index in [4.69, 9.17) is 0 Å². The predicted molar refractivity (Wildman–Crippen MR) is 114 cm³/mol. The molecule has 1 heterocycles. The van der Waals surface area contributed by atoms with Crippen molar-refractivity contribution in [3.8, 4) is 0 Å². The van der Waals surface area contributed by atoms with Crippen LogP contribution in [0.15, 0.2) is 29.3 Å². The van der Waals surface area contributed by atoms with Crippen LogP contribution >= 0.6 is 24.0 Å². The van der Waals surface area contributed by atoms with E-state index in [2.05, 4.69) is 34.5 Å². The maximum atomic E-state index is 13.2. The third kappa shape index (κ3) is 8.85.